The summed E-state index contributed by atoms with van der Waals surface area (Å²) in [5.74, 6) is -0.691. The van der Waals surface area contributed by atoms with E-state index in [1.54, 1.807) is 6.08 Å². The lowest BCUT2D eigenvalue weighted by molar-refractivity contribution is -0.183. The summed E-state index contributed by atoms with van der Waals surface area (Å²) in [6.45, 7) is -1.51. The van der Waals surface area contributed by atoms with Gasteiger partial charge in [0.1, 0.15) is 0 Å². The van der Waals surface area contributed by atoms with Gasteiger partial charge in [-0.1, -0.05) is 18.2 Å². The van der Waals surface area contributed by atoms with Gasteiger partial charge in [-0.15, -0.1) is 0 Å². The van der Waals surface area contributed by atoms with E-state index < -0.39 is 18.8 Å². The number of rotatable bonds is 2. The number of carbonyl (C=O) groups excluding carboxylic acids is 1. The van der Waals surface area contributed by atoms with Gasteiger partial charge < -0.3 is 4.74 Å². The first-order chi connectivity index (χ1) is 6.96. The monoisotopic (exact) mass is 218 g/mol. The first-order valence-electron chi connectivity index (χ1n) is 4.59. The Kier molecular flexibility index (Phi) is 2.32. The molecule has 0 aliphatic heterocycles. The molecule has 2 atom stereocenters. The molecule has 15 heavy (non-hydrogen) atoms. The van der Waals surface area contributed by atoms with Crippen molar-refractivity contribution in [2.75, 3.05) is 6.61 Å². The van der Waals surface area contributed by atoms with Crippen LogP contribution in [0, 0.1) is 11.8 Å². The maximum atomic E-state index is 11.8. The molecule has 2 bridgehead atoms. The number of alkyl halides is 3. The van der Waals surface area contributed by atoms with Gasteiger partial charge in [0.15, 0.2) is 6.61 Å². The van der Waals surface area contributed by atoms with E-state index in [9.17, 15) is 18.0 Å². The van der Waals surface area contributed by atoms with Crippen molar-refractivity contribution in [1.82, 2.24) is 0 Å². The first kappa shape index (κ1) is 10.3. The third-order valence-electron chi connectivity index (χ3n) is 2.51. The van der Waals surface area contributed by atoms with Crippen LogP contribution in [0.4, 0.5) is 13.2 Å². The van der Waals surface area contributed by atoms with Crippen LogP contribution in [0.1, 0.15) is 6.42 Å². The van der Waals surface area contributed by atoms with E-state index in [1.807, 2.05) is 12.2 Å². The fraction of sp³-hybridized carbons (Fsp3) is 0.500. The Hall–Kier alpha value is -1.26. The lowest BCUT2D eigenvalue weighted by atomic mass is 10.0. The summed E-state index contributed by atoms with van der Waals surface area (Å²) in [4.78, 5) is 11.3. The molecule has 0 amide bonds. The molecule has 82 valence electrons. The molecule has 0 N–H and O–H groups in total. The Labute approximate surface area is 84.4 Å². The maximum absolute atomic E-state index is 11.8. The van der Waals surface area contributed by atoms with Gasteiger partial charge in [-0.2, -0.15) is 13.2 Å². The van der Waals surface area contributed by atoms with Crippen LogP contribution in [-0.4, -0.2) is 18.8 Å². The quantitative estimate of drug-likeness (QED) is 0.524. The standard InChI is InChI=1S/C10H9F3O2/c11-10(12,13)5-15-9(14)8-4-6-1-2-7(8)3-6/h1-2,4,6-7H,3,5H2. The van der Waals surface area contributed by atoms with Crippen molar-refractivity contribution in [3.8, 4) is 0 Å². The highest BCUT2D eigenvalue weighted by molar-refractivity contribution is 5.90. The Morgan fingerprint density at radius 3 is 2.67 bits per heavy atom. The van der Waals surface area contributed by atoms with Crippen molar-refractivity contribution in [2.24, 2.45) is 11.8 Å². The number of ether oxygens (including phenoxy) is 1. The number of halogens is 3. The van der Waals surface area contributed by atoms with Gasteiger partial charge in [-0.3, -0.25) is 0 Å². The Morgan fingerprint density at radius 2 is 2.20 bits per heavy atom. The molecule has 0 saturated carbocycles. The lowest BCUT2D eigenvalue weighted by Gasteiger charge is -2.11. The molecule has 0 aromatic carbocycles. The molecular formula is C10H9F3O2. The van der Waals surface area contributed by atoms with E-state index in [2.05, 4.69) is 4.74 Å². The minimum absolute atomic E-state index is 0.0456. The van der Waals surface area contributed by atoms with E-state index in [1.165, 1.54) is 0 Å². The highest BCUT2D eigenvalue weighted by atomic mass is 19.4. The van der Waals surface area contributed by atoms with Gasteiger partial charge >= 0.3 is 12.1 Å². The van der Waals surface area contributed by atoms with E-state index >= 15 is 0 Å². The number of allylic oxidation sites excluding steroid dienone is 3. The van der Waals surface area contributed by atoms with Gasteiger partial charge in [0.05, 0.1) is 0 Å². The topological polar surface area (TPSA) is 26.3 Å². The summed E-state index contributed by atoms with van der Waals surface area (Å²) < 4.78 is 39.5. The molecule has 0 saturated heterocycles. The number of hydrogen-bond acceptors (Lipinski definition) is 2. The fourth-order valence-corrected chi connectivity index (χ4v) is 1.89. The highest BCUT2D eigenvalue weighted by Crippen LogP contribution is 2.38. The minimum Gasteiger partial charge on any atom is -0.453 e. The van der Waals surface area contributed by atoms with Crippen LogP contribution in [0.3, 0.4) is 0 Å². The van der Waals surface area contributed by atoms with Crippen LogP contribution < -0.4 is 0 Å². The molecule has 5 heteroatoms. The molecule has 0 aromatic heterocycles. The third kappa shape index (κ3) is 2.22. The van der Waals surface area contributed by atoms with Crippen molar-refractivity contribution < 1.29 is 22.7 Å². The molecular weight excluding hydrogens is 209 g/mol. The second-order valence-electron chi connectivity index (χ2n) is 3.70. The number of esters is 1. The van der Waals surface area contributed by atoms with Crippen molar-refractivity contribution in [1.29, 1.82) is 0 Å². The van der Waals surface area contributed by atoms with Crippen LogP contribution >= 0.6 is 0 Å². The van der Waals surface area contributed by atoms with Gasteiger partial charge in [-0.25, -0.2) is 4.79 Å². The zero-order chi connectivity index (χ0) is 11.1. The van der Waals surface area contributed by atoms with Crippen LogP contribution in [0.25, 0.3) is 0 Å². The molecule has 0 aromatic rings. The van der Waals surface area contributed by atoms with Gasteiger partial charge in [-0.05, 0) is 12.3 Å². The van der Waals surface area contributed by atoms with Crippen molar-refractivity contribution in [3.05, 3.63) is 23.8 Å². The molecule has 2 unspecified atom stereocenters. The van der Waals surface area contributed by atoms with E-state index in [4.69, 9.17) is 0 Å². The Bertz CT molecular complexity index is 341. The highest BCUT2D eigenvalue weighted by Gasteiger charge is 2.35. The van der Waals surface area contributed by atoms with E-state index in [0.29, 0.717) is 5.57 Å². The summed E-state index contributed by atoms with van der Waals surface area (Å²) in [7, 11) is 0. The van der Waals surface area contributed by atoms with Crippen molar-refractivity contribution >= 4 is 5.97 Å². The normalized spacial score (nSPS) is 28.1. The Morgan fingerprint density at radius 1 is 1.47 bits per heavy atom. The minimum atomic E-state index is -4.45. The van der Waals surface area contributed by atoms with Crippen molar-refractivity contribution in [2.45, 2.75) is 12.6 Å². The summed E-state index contributed by atoms with van der Waals surface area (Å²) in [6, 6.07) is 0. The fourth-order valence-electron chi connectivity index (χ4n) is 1.89. The van der Waals surface area contributed by atoms with Crippen LogP contribution in [0.5, 0.6) is 0 Å². The summed E-state index contributed by atoms with van der Waals surface area (Å²) in [6.07, 6.45) is 1.81. The zero-order valence-corrected chi connectivity index (χ0v) is 7.75. The Balaban J connectivity index is 1.91. The molecule has 0 spiro atoms. The molecule has 2 aliphatic rings. The average Bonchev–Trinajstić information content (AvgIpc) is 2.73. The van der Waals surface area contributed by atoms with Gasteiger partial charge in [0.2, 0.25) is 0 Å². The first-order valence-corrected chi connectivity index (χ1v) is 4.59. The van der Waals surface area contributed by atoms with Crippen LogP contribution in [0.15, 0.2) is 23.8 Å². The molecule has 0 fully saturated rings. The van der Waals surface area contributed by atoms with E-state index in [-0.39, 0.29) is 11.8 Å². The predicted molar refractivity (Wildman–Crippen MR) is 45.8 cm³/mol. The van der Waals surface area contributed by atoms with Gasteiger partial charge in [0, 0.05) is 11.5 Å². The predicted octanol–water partition coefficient (Wildman–Crippen LogP) is 2.22. The maximum Gasteiger partial charge on any atom is 0.422 e. The second kappa shape index (κ2) is 3.40. The number of carbonyl (C=O) groups is 1. The zero-order valence-electron chi connectivity index (χ0n) is 7.75. The van der Waals surface area contributed by atoms with Crippen molar-refractivity contribution in [3.63, 3.8) is 0 Å². The summed E-state index contributed by atoms with van der Waals surface area (Å²) in [5, 5.41) is 0. The lowest BCUT2D eigenvalue weighted by Crippen LogP contribution is -2.22. The molecule has 2 aliphatic carbocycles. The molecule has 2 rings (SSSR count). The number of fused-ring (bicyclic) bond motifs is 2. The SMILES string of the molecule is O=C(OCC(F)(F)F)C1=CC2C=CC1C2. The van der Waals surface area contributed by atoms with Crippen LogP contribution in [0.2, 0.25) is 0 Å². The largest absolute Gasteiger partial charge is 0.453 e. The second-order valence-corrected chi connectivity index (χ2v) is 3.70. The molecule has 2 nitrogen and oxygen atoms in total. The summed E-state index contributed by atoms with van der Waals surface area (Å²) in [5.41, 5.74) is 0.367. The van der Waals surface area contributed by atoms with E-state index in [0.717, 1.165) is 6.42 Å². The van der Waals surface area contributed by atoms with Crippen LogP contribution in [-0.2, 0) is 9.53 Å². The average molecular weight is 218 g/mol. The smallest absolute Gasteiger partial charge is 0.422 e. The van der Waals surface area contributed by atoms with Gasteiger partial charge in [0.25, 0.3) is 0 Å². The molecule has 0 heterocycles. The number of hydrogen-bond donors (Lipinski definition) is 0. The molecule has 0 radical (unpaired) electrons. The summed E-state index contributed by atoms with van der Waals surface area (Å²) >= 11 is 0. The third-order valence-corrected chi connectivity index (χ3v) is 2.51.